The van der Waals surface area contributed by atoms with Crippen LogP contribution in [-0.2, 0) is 6.42 Å². The van der Waals surface area contributed by atoms with Gasteiger partial charge in [-0.1, -0.05) is 33.8 Å². The van der Waals surface area contributed by atoms with Crippen molar-refractivity contribution < 1.29 is 18.7 Å². The predicted molar refractivity (Wildman–Crippen MR) is 97.6 cm³/mol. The molecule has 5 heteroatoms. The Bertz CT molecular complexity index is 766. The van der Waals surface area contributed by atoms with Crippen LogP contribution in [0.25, 0.3) is 5.57 Å². The number of alkyl halides is 2. The van der Waals surface area contributed by atoms with Gasteiger partial charge in [-0.2, -0.15) is 0 Å². The van der Waals surface area contributed by atoms with Gasteiger partial charge in [-0.3, -0.25) is 9.78 Å². The number of aliphatic hydroxyl groups is 1. The van der Waals surface area contributed by atoms with Crippen LogP contribution in [0.5, 0.6) is 0 Å². The highest BCUT2D eigenvalue weighted by Gasteiger charge is 2.38. The highest BCUT2D eigenvalue weighted by molar-refractivity contribution is 5.89. The molecule has 0 radical (unpaired) electrons. The number of hydrogen-bond donors (Lipinski definition) is 1. The topological polar surface area (TPSA) is 50.2 Å². The lowest BCUT2D eigenvalue weighted by molar-refractivity contribution is -0.00605. The number of carbonyl (C=O) groups excluding carboxylic acids is 1. The molecular weight excluding hydrogens is 336 g/mol. The highest BCUT2D eigenvalue weighted by atomic mass is 19.3. The number of halogens is 2. The largest absolute Gasteiger partial charge is 0.388 e. The van der Waals surface area contributed by atoms with E-state index in [1.165, 1.54) is 0 Å². The lowest BCUT2D eigenvalue weighted by Crippen LogP contribution is -2.29. The van der Waals surface area contributed by atoms with Crippen LogP contribution in [0.2, 0.25) is 0 Å². The van der Waals surface area contributed by atoms with Gasteiger partial charge in [-0.15, -0.1) is 0 Å². The maximum atomic E-state index is 13.6. The summed E-state index contributed by atoms with van der Waals surface area (Å²) < 4.78 is 27.3. The quantitative estimate of drug-likeness (QED) is 0.749. The van der Waals surface area contributed by atoms with Crippen LogP contribution in [0.4, 0.5) is 8.78 Å². The molecule has 0 aromatic carbocycles. The number of hydrogen-bond acceptors (Lipinski definition) is 3. The molecule has 1 heterocycles. The molecule has 0 bridgehead atoms. The van der Waals surface area contributed by atoms with Crippen LogP contribution < -0.4 is 0 Å². The third-order valence-corrected chi connectivity index (χ3v) is 5.50. The van der Waals surface area contributed by atoms with Crippen molar-refractivity contribution in [2.75, 3.05) is 0 Å². The Morgan fingerprint density at radius 2 is 2.04 bits per heavy atom. The zero-order valence-electron chi connectivity index (χ0n) is 15.9. The molecule has 142 valence electrons. The van der Waals surface area contributed by atoms with E-state index in [4.69, 9.17) is 4.98 Å². The van der Waals surface area contributed by atoms with Crippen molar-refractivity contribution in [1.82, 2.24) is 4.98 Å². The molecule has 0 spiro atoms. The first-order chi connectivity index (χ1) is 12.0. The lowest BCUT2D eigenvalue weighted by atomic mass is 9.71. The Labute approximate surface area is 153 Å². The van der Waals surface area contributed by atoms with E-state index in [2.05, 4.69) is 13.8 Å². The van der Waals surface area contributed by atoms with Crippen LogP contribution >= 0.6 is 0 Å². The first-order valence-corrected chi connectivity index (χ1v) is 9.32. The molecule has 1 aromatic heterocycles. The summed E-state index contributed by atoms with van der Waals surface area (Å²) in [5.74, 6) is -2.66. The number of rotatable bonds is 3. The van der Waals surface area contributed by atoms with Gasteiger partial charge in [0.1, 0.15) is 0 Å². The molecule has 0 aliphatic heterocycles. The molecular formula is C21H27F2NO2. The molecule has 0 saturated carbocycles. The molecule has 0 fully saturated rings. The fourth-order valence-electron chi connectivity index (χ4n) is 4.25. The van der Waals surface area contributed by atoms with Gasteiger partial charge < -0.3 is 5.11 Å². The van der Waals surface area contributed by atoms with Crippen molar-refractivity contribution in [3.8, 4) is 0 Å². The minimum absolute atomic E-state index is 0.0343. The summed E-state index contributed by atoms with van der Waals surface area (Å²) in [6.45, 7) is 8.12. The number of nitrogens with zero attached hydrogens (tertiary/aromatic N) is 1. The van der Waals surface area contributed by atoms with Crippen LogP contribution in [0.1, 0.15) is 98.3 Å². The second-order valence-corrected chi connectivity index (χ2v) is 8.77. The Balaban J connectivity index is 2.26. The van der Waals surface area contributed by atoms with Gasteiger partial charge >= 0.3 is 0 Å². The van der Waals surface area contributed by atoms with Crippen molar-refractivity contribution in [2.45, 2.75) is 77.7 Å². The van der Waals surface area contributed by atoms with E-state index >= 15 is 0 Å². The zero-order chi connectivity index (χ0) is 19.3. The van der Waals surface area contributed by atoms with Gasteiger partial charge in [-0.25, -0.2) is 8.78 Å². The van der Waals surface area contributed by atoms with Crippen LogP contribution in [0, 0.1) is 5.41 Å². The molecule has 0 saturated heterocycles. The summed E-state index contributed by atoms with van der Waals surface area (Å²) in [6, 6.07) is 0. The van der Waals surface area contributed by atoms with Crippen LogP contribution in [0.3, 0.4) is 0 Å². The molecule has 3 nitrogen and oxygen atoms in total. The molecule has 26 heavy (non-hydrogen) atoms. The number of allylic oxidation sites excluding steroid dienone is 2. The number of carbonyl (C=O) groups is 1. The summed E-state index contributed by atoms with van der Waals surface area (Å²) in [5.41, 5.74) is 3.93. The van der Waals surface area contributed by atoms with E-state index in [9.17, 15) is 18.7 Å². The van der Waals surface area contributed by atoms with Gasteiger partial charge in [0.15, 0.2) is 6.29 Å². The Kier molecular flexibility index (Phi) is 4.80. The monoisotopic (exact) mass is 363 g/mol. The Morgan fingerprint density at radius 3 is 2.58 bits per heavy atom. The predicted octanol–water partition coefficient (Wildman–Crippen LogP) is 5.23. The molecule has 0 unspecified atom stereocenters. The molecule has 1 N–H and O–H groups in total. The van der Waals surface area contributed by atoms with Crippen molar-refractivity contribution >= 4 is 11.9 Å². The molecule has 1 aromatic rings. The van der Waals surface area contributed by atoms with Gasteiger partial charge in [0.05, 0.1) is 11.8 Å². The smallest absolute Gasteiger partial charge is 0.251 e. The fraction of sp³-hybridized carbons (Fsp3) is 0.619. The van der Waals surface area contributed by atoms with Crippen molar-refractivity contribution in [3.63, 3.8) is 0 Å². The fourth-order valence-corrected chi connectivity index (χ4v) is 4.25. The van der Waals surface area contributed by atoms with Crippen molar-refractivity contribution in [2.24, 2.45) is 5.41 Å². The summed E-state index contributed by atoms with van der Waals surface area (Å²) in [6.07, 6.45) is 2.51. The normalized spacial score (nSPS) is 24.2. The maximum Gasteiger partial charge on any atom is 0.251 e. The second kappa shape index (κ2) is 6.52. The van der Waals surface area contributed by atoms with Gasteiger partial charge in [0.25, 0.3) is 5.92 Å². The summed E-state index contributed by atoms with van der Waals surface area (Å²) in [7, 11) is 0. The minimum Gasteiger partial charge on any atom is -0.388 e. The third kappa shape index (κ3) is 3.46. The summed E-state index contributed by atoms with van der Waals surface area (Å²) in [4.78, 5) is 16.7. The average molecular weight is 363 g/mol. The second-order valence-electron chi connectivity index (χ2n) is 8.77. The van der Waals surface area contributed by atoms with E-state index in [-0.39, 0.29) is 30.6 Å². The van der Waals surface area contributed by atoms with E-state index in [0.29, 0.717) is 35.2 Å². The maximum absolute atomic E-state index is 13.6. The summed E-state index contributed by atoms with van der Waals surface area (Å²) in [5, 5.41) is 10.8. The van der Waals surface area contributed by atoms with Gasteiger partial charge in [0.2, 0.25) is 0 Å². The molecule has 2 aliphatic carbocycles. The Morgan fingerprint density at radius 1 is 1.35 bits per heavy atom. The first-order valence-electron chi connectivity index (χ1n) is 9.32. The molecule has 2 aliphatic rings. The van der Waals surface area contributed by atoms with E-state index in [0.717, 1.165) is 17.6 Å². The van der Waals surface area contributed by atoms with E-state index in [1.807, 2.05) is 13.8 Å². The third-order valence-electron chi connectivity index (χ3n) is 5.50. The Hall–Kier alpha value is -1.62. The van der Waals surface area contributed by atoms with E-state index in [1.54, 1.807) is 6.08 Å². The van der Waals surface area contributed by atoms with Crippen LogP contribution in [0.15, 0.2) is 6.08 Å². The van der Waals surface area contributed by atoms with E-state index < -0.39 is 12.0 Å². The number of aromatic nitrogens is 1. The highest BCUT2D eigenvalue weighted by Crippen LogP contribution is 2.47. The van der Waals surface area contributed by atoms with Crippen LogP contribution in [-0.4, -0.2) is 22.3 Å². The number of pyridine rings is 1. The van der Waals surface area contributed by atoms with Gasteiger partial charge in [0, 0.05) is 29.7 Å². The van der Waals surface area contributed by atoms with Crippen molar-refractivity contribution in [3.05, 3.63) is 34.2 Å². The number of aldehydes is 1. The number of fused-ring (bicyclic) bond motifs is 1. The molecule has 0 amide bonds. The zero-order valence-corrected chi connectivity index (χ0v) is 15.9. The van der Waals surface area contributed by atoms with Gasteiger partial charge in [-0.05, 0) is 41.7 Å². The SMILES string of the molecule is CC(C)c1nc2c(c(C3=CCC(F)(F)CC3)c1C=O)[C@@H](O)CC(C)(C)C2. The number of aliphatic hydroxyl groups excluding tert-OH is 1. The average Bonchev–Trinajstić information content (AvgIpc) is 2.52. The summed E-state index contributed by atoms with van der Waals surface area (Å²) >= 11 is 0. The van der Waals surface area contributed by atoms with Crippen molar-refractivity contribution in [1.29, 1.82) is 0 Å². The lowest BCUT2D eigenvalue weighted by Gasteiger charge is -2.37. The molecule has 3 rings (SSSR count). The first kappa shape index (κ1) is 19.2. The minimum atomic E-state index is -2.70. The standard InChI is InChI=1S/C21H27F2NO2/c1-12(2)19-14(11-25)17(13-5-7-21(22,23)8-6-13)18-15(24-19)9-20(3,4)10-16(18)26/h5,11-12,16,26H,6-10H2,1-4H3/t16-/m0/s1. The molecule has 1 atom stereocenters.